The molecule has 1 atom stereocenters. The molecule has 2 saturated heterocycles. The van der Waals surface area contributed by atoms with E-state index in [9.17, 15) is 5.11 Å². The Morgan fingerprint density at radius 1 is 1.35 bits per heavy atom. The van der Waals surface area contributed by atoms with Crippen molar-refractivity contribution in [2.24, 2.45) is 0 Å². The molecule has 2 heterocycles. The van der Waals surface area contributed by atoms with Crippen LogP contribution in [0.2, 0.25) is 0 Å². The minimum absolute atomic E-state index is 0.536. The van der Waals surface area contributed by atoms with Gasteiger partial charge in [-0.25, -0.2) is 0 Å². The average Bonchev–Trinajstić information content (AvgIpc) is 2.32. The highest BCUT2D eigenvalue weighted by Gasteiger charge is 2.29. The van der Waals surface area contributed by atoms with E-state index in [1.54, 1.807) is 0 Å². The molecule has 0 spiro atoms. The van der Waals surface area contributed by atoms with E-state index >= 15 is 0 Å². The van der Waals surface area contributed by atoms with Crippen LogP contribution in [-0.2, 0) is 4.74 Å². The molecular weight excluding hydrogens is 216 g/mol. The summed E-state index contributed by atoms with van der Waals surface area (Å²) in [6.45, 7) is 4.31. The first kappa shape index (κ1) is 13.3. The normalized spacial score (nSPS) is 30.4. The summed E-state index contributed by atoms with van der Waals surface area (Å²) in [5, 5.41) is 13.8. The average molecular weight is 242 g/mol. The van der Waals surface area contributed by atoms with Crippen LogP contribution < -0.4 is 5.32 Å². The van der Waals surface area contributed by atoms with Crippen LogP contribution >= 0.6 is 0 Å². The van der Waals surface area contributed by atoms with Crippen molar-refractivity contribution < 1.29 is 9.84 Å². The van der Waals surface area contributed by atoms with Gasteiger partial charge in [0.25, 0.3) is 0 Å². The summed E-state index contributed by atoms with van der Waals surface area (Å²) in [5.74, 6) is 0. The Morgan fingerprint density at radius 2 is 2.12 bits per heavy atom. The summed E-state index contributed by atoms with van der Waals surface area (Å²) in [6, 6.07) is 0.646. The van der Waals surface area contributed by atoms with Crippen LogP contribution in [0.1, 0.15) is 32.1 Å². The topological polar surface area (TPSA) is 44.7 Å². The van der Waals surface area contributed by atoms with Gasteiger partial charge in [0.2, 0.25) is 0 Å². The third-order valence-corrected chi connectivity index (χ3v) is 4.18. The summed E-state index contributed by atoms with van der Waals surface area (Å²) < 4.78 is 5.28. The largest absolute Gasteiger partial charge is 0.388 e. The van der Waals surface area contributed by atoms with Crippen LogP contribution in [0, 0.1) is 0 Å². The predicted octanol–water partition coefficient (Wildman–Crippen LogP) is 0.602. The zero-order valence-corrected chi connectivity index (χ0v) is 11.0. The lowest BCUT2D eigenvalue weighted by Gasteiger charge is -2.35. The van der Waals surface area contributed by atoms with E-state index in [-0.39, 0.29) is 0 Å². The fourth-order valence-corrected chi connectivity index (χ4v) is 2.80. The summed E-state index contributed by atoms with van der Waals surface area (Å²) >= 11 is 0. The molecule has 0 bridgehead atoms. The van der Waals surface area contributed by atoms with E-state index in [1.165, 1.54) is 25.8 Å². The lowest BCUT2D eigenvalue weighted by atomic mass is 9.94. The first-order valence-corrected chi connectivity index (χ1v) is 6.91. The van der Waals surface area contributed by atoms with E-state index in [2.05, 4.69) is 17.3 Å². The number of ether oxygens (including phenoxy) is 1. The highest BCUT2D eigenvalue weighted by atomic mass is 16.5. The van der Waals surface area contributed by atoms with Crippen molar-refractivity contribution in [2.45, 2.75) is 43.7 Å². The lowest BCUT2D eigenvalue weighted by molar-refractivity contribution is -0.0621. The maximum absolute atomic E-state index is 10.3. The van der Waals surface area contributed by atoms with Crippen molar-refractivity contribution in [3.63, 3.8) is 0 Å². The first-order chi connectivity index (χ1) is 8.20. The maximum Gasteiger partial charge on any atom is 0.0815 e. The summed E-state index contributed by atoms with van der Waals surface area (Å²) in [4.78, 5) is 2.44. The molecule has 0 radical (unpaired) electrons. The Bertz CT molecular complexity index is 229. The Balaban J connectivity index is 1.67. The zero-order valence-electron chi connectivity index (χ0n) is 11.0. The molecule has 2 aliphatic heterocycles. The Labute approximate surface area is 104 Å². The number of nitrogens with one attached hydrogen (secondary N) is 1. The number of hydrogen-bond donors (Lipinski definition) is 2. The van der Waals surface area contributed by atoms with Gasteiger partial charge in [-0.05, 0) is 26.4 Å². The maximum atomic E-state index is 10.3. The van der Waals surface area contributed by atoms with Gasteiger partial charge in [-0.1, -0.05) is 6.42 Å². The number of rotatable bonds is 4. The number of hydrogen-bond acceptors (Lipinski definition) is 4. The standard InChI is InChI=1S/C13H26N2O2/c1-15-7-3-2-4-12(15)10-14-11-13(16)5-8-17-9-6-13/h12,14,16H,2-11H2,1H3. The fourth-order valence-electron chi connectivity index (χ4n) is 2.80. The summed E-state index contributed by atoms with van der Waals surface area (Å²) in [7, 11) is 2.20. The number of likely N-dealkylation sites (tertiary alicyclic amines) is 1. The molecule has 0 aromatic rings. The fraction of sp³-hybridized carbons (Fsp3) is 1.00. The van der Waals surface area contributed by atoms with Gasteiger partial charge in [0.15, 0.2) is 0 Å². The van der Waals surface area contributed by atoms with Gasteiger partial charge in [0, 0.05) is 45.2 Å². The van der Waals surface area contributed by atoms with Crippen LogP contribution in [0.4, 0.5) is 0 Å². The van der Waals surface area contributed by atoms with E-state index in [4.69, 9.17) is 4.74 Å². The third kappa shape index (κ3) is 3.91. The molecule has 2 fully saturated rings. The van der Waals surface area contributed by atoms with Gasteiger partial charge in [-0.15, -0.1) is 0 Å². The molecule has 0 aromatic heterocycles. The molecule has 100 valence electrons. The van der Waals surface area contributed by atoms with Crippen LogP contribution in [-0.4, -0.2) is 61.5 Å². The molecule has 2 N–H and O–H groups in total. The van der Waals surface area contributed by atoms with Crippen molar-refractivity contribution >= 4 is 0 Å². The second-order valence-corrected chi connectivity index (χ2v) is 5.60. The Morgan fingerprint density at radius 3 is 2.82 bits per heavy atom. The molecule has 4 heteroatoms. The van der Waals surface area contributed by atoms with Crippen LogP contribution in [0.3, 0.4) is 0 Å². The van der Waals surface area contributed by atoms with Crippen molar-refractivity contribution in [1.82, 2.24) is 10.2 Å². The zero-order chi connectivity index (χ0) is 12.1. The van der Waals surface area contributed by atoms with Gasteiger partial charge < -0.3 is 20.1 Å². The molecule has 0 amide bonds. The van der Waals surface area contributed by atoms with Gasteiger partial charge in [0.05, 0.1) is 5.60 Å². The van der Waals surface area contributed by atoms with Crippen molar-refractivity contribution in [3.05, 3.63) is 0 Å². The SMILES string of the molecule is CN1CCCCC1CNCC1(O)CCOCC1. The van der Waals surface area contributed by atoms with Gasteiger partial charge in [0.1, 0.15) is 0 Å². The summed E-state index contributed by atoms with van der Waals surface area (Å²) in [6.07, 6.45) is 5.48. The van der Waals surface area contributed by atoms with Gasteiger partial charge >= 0.3 is 0 Å². The van der Waals surface area contributed by atoms with E-state index in [0.29, 0.717) is 25.8 Å². The number of nitrogens with zero attached hydrogens (tertiary/aromatic N) is 1. The minimum Gasteiger partial charge on any atom is -0.388 e. The molecular formula is C13H26N2O2. The highest BCUT2D eigenvalue weighted by molar-refractivity contribution is 4.85. The highest BCUT2D eigenvalue weighted by Crippen LogP contribution is 2.19. The first-order valence-electron chi connectivity index (χ1n) is 6.91. The van der Waals surface area contributed by atoms with Crippen LogP contribution in [0.15, 0.2) is 0 Å². The predicted molar refractivity (Wildman–Crippen MR) is 68.1 cm³/mol. The van der Waals surface area contributed by atoms with Crippen molar-refractivity contribution in [3.8, 4) is 0 Å². The van der Waals surface area contributed by atoms with Crippen LogP contribution in [0.25, 0.3) is 0 Å². The van der Waals surface area contributed by atoms with E-state index < -0.39 is 5.60 Å². The molecule has 2 aliphatic rings. The quantitative estimate of drug-likeness (QED) is 0.758. The number of piperidine rings is 1. The van der Waals surface area contributed by atoms with Gasteiger partial charge in [-0.2, -0.15) is 0 Å². The second-order valence-electron chi connectivity index (χ2n) is 5.60. The van der Waals surface area contributed by atoms with E-state index in [0.717, 1.165) is 19.4 Å². The van der Waals surface area contributed by atoms with Crippen molar-refractivity contribution in [2.75, 3.05) is 39.9 Å². The van der Waals surface area contributed by atoms with Crippen LogP contribution in [0.5, 0.6) is 0 Å². The molecule has 0 aromatic carbocycles. The lowest BCUT2D eigenvalue weighted by Crippen LogP contribution is -2.49. The Kier molecular flexibility index (Phi) is 4.79. The number of likely N-dealkylation sites (N-methyl/N-ethyl adjacent to an activating group) is 1. The Hall–Kier alpha value is -0.160. The second kappa shape index (κ2) is 6.14. The monoisotopic (exact) mass is 242 g/mol. The van der Waals surface area contributed by atoms with Gasteiger partial charge in [-0.3, -0.25) is 0 Å². The summed E-state index contributed by atoms with van der Waals surface area (Å²) in [5.41, 5.74) is -0.536. The molecule has 0 aliphatic carbocycles. The molecule has 0 saturated carbocycles. The molecule has 2 rings (SSSR count). The molecule has 1 unspecified atom stereocenters. The number of aliphatic hydroxyl groups is 1. The van der Waals surface area contributed by atoms with Crippen molar-refractivity contribution in [1.29, 1.82) is 0 Å². The molecule has 17 heavy (non-hydrogen) atoms. The molecule has 4 nitrogen and oxygen atoms in total. The van der Waals surface area contributed by atoms with E-state index in [1.807, 2.05) is 0 Å². The minimum atomic E-state index is -0.536. The third-order valence-electron chi connectivity index (χ3n) is 4.18. The smallest absolute Gasteiger partial charge is 0.0815 e.